The minimum Gasteiger partial charge on any atom is -0.478 e. The number of hydrogen-bond donors (Lipinski definition) is 5. The Morgan fingerprint density at radius 1 is 0.535 bits per heavy atom. The van der Waals surface area contributed by atoms with E-state index in [0.29, 0.717) is 49.8 Å². The molecule has 0 heterocycles. The third-order valence-corrected chi connectivity index (χ3v) is 8.07. The van der Waals surface area contributed by atoms with Crippen LogP contribution in [0, 0.1) is 0 Å². The van der Waals surface area contributed by atoms with E-state index in [2.05, 4.69) is 17.6 Å². The molecule has 2 amide bonds. The van der Waals surface area contributed by atoms with Crippen LogP contribution in [0.3, 0.4) is 0 Å². The van der Waals surface area contributed by atoms with Gasteiger partial charge in [0.15, 0.2) is 0 Å². The van der Waals surface area contributed by atoms with Crippen LogP contribution >= 0.6 is 0 Å². The van der Waals surface area contributed by atoms with Gasteiger partial charge in [0, 0.05) is 35.0 Å². The molecular formula is C34H34N2O7. The Morgan fingerprint density at radius 2 is 0.930 bits per heavy atom. The molecule has 0 saturated heterocycles. The van der Waals surface area contributed by atoms with Gasteiger partial charge in [-0.05, 0) is 63.0 Å². The second-order valence-electron chi connectivity index (χ2n) is 10.8. The molecule has 0 fully saturated rings. The van der Waals surface area contributed by atoms with Crippen molar-refractivity contribution < 1.29 is 34.5 Å². The minimum atomic E-state index is -1.24. The fourth-order valence-corrected chi connectivity index (χ4v) is 6.09. The Labute approximate surface area is 247 Å². The number of unbranched alkanes of at least 4 members (excludes halogenated alkanes) is 5. The predicted molar refractivity (Wildman–Crippen MR) is 167 cm³/mol. The van der Waals surface area contributed by atoms with Gasteiger partial charge in [-0.25, -0.2) is 9.59 Å². The number of amides is 2. The van der Waals surface area contributed by atoms with Gasteiger partial charge in [0.25, 0.3) is 11.8 Å². The van der Waals surface area contributed by atoms with Crippen molar-refractivity contribution in [3.05, 3.63) is 70.8 Å². The molecule has 0 spiro atoms. The lowest BCUT2D eigenvalue weighted by atomic mass is 9.84. The van der Waals surface area contributed by atoms with Crippen molar-refractivity contribution in [2.75, 3.05) is 19.7 Å². The van der Waals surface area contributed by atoms with Crippen molar-refractivity contribution >= 4 is 66.8 Å². The summed E-state index contributed by atoms with van der Waals surface area (Å²) in [4.78, 5) is 51.2. The van der Waals surface area contributed by atoms with E-state index in [4.69, 9.17) is 0 Å². The highest BCUT2D eigenvalue weighted by Crippen LogP contribution is 2.44. The molecule has 9 heteroatoms. The van der Waals surface area contributed by atoms with Gasteiger partial charge in [0.1, 0.15) is 0 Å². The van der Waals surface area contributed by atoms with Crippen LogP contribution in [0.2, 0.25) is 0 Å². The number of carbonyl (C=O) groups is 4. The molecule has 0 unspecified atom stereocenters. The number of fused-ring (bicyclic) bond motifs is 2. The number of benzene rings is 5. The molecule has 5 aromatic carbocycles. The van der Waals surface area contributed by atoms with Crippen LogP contribution in [0.15, 0.2) is 48.5 Å². The topological polar surface area (TPSA) is 153 Å². The molecule has 5 N–H and O–H groups in total. The summed E-state index contributed by atoms with van der Waals surface area (Å²) in [6.45, 7) is 2.46. The van der Waals surface area contributed by atoms with Gasteiger partial charge >= 0.3 is 11.9 Å². The first-order valence-corrected chi connectivity index (χ1v) is 14.6. The van der Waals surface area contributed by atoms with Gasteiger partial charge in [-0.15, -0.1) is 0 Å². The lowest BCUT2D eigenvalue weighted by molar-refractivity contribution is 0.0695. The molecule has 0 saturated carbocycles. The first-order valence-electron chi connectivity index (χ1n) is 14.6. The van der Waals surface area contributed by atoms with Crippen molar-refractivity contribution in [1.82, 2.24) is 10.6 Å². The summed E-state index contributed by atoms with van der Waals surface area (Å²) < 4.78 is 0. The lowest BCUT2D eigenvalue weighted by Gasteiger charge is -2.20. The lowest BCUT2D eigenvalue weighted by Crippen LogP contribution is -2.28. The largest absolute Gasteiger partial charge is 0.478 e. The number of carbonyl (C=O) groups excluding carboxylic acids is 2. The highest BCUT2D eigenvalue weighted by molar-refractivity contribution is 6.38. The number of aliphatic hydroxyl groups excluding tert-OH is 1. The molecular weight excluding hydrogens is 548 g/mol. The highest BCUT2D eigenvalue weighted by atomic mass is 16.4. The Hall–Kier alpha value is -4.76. The van der Waals surface area contributed by atoms with Crippen LogP contribution in [0.1, 0.15) is 86.9 Å². The number of carboxylic acids is 2. The number of nitrogens with one attached hydrogen (secondary N) is 2. The predicted octanol–water partition coefficient (Wildman–Crippen LogP) is 5.95. The normalized spacial score (nSPS) is 11.5. The van der Waals surface area contributed by atoms with Gasteiger partial charge in [0.2, 0.25) is 0 Å². The van der Waals surface area contributed by atoms with E-state index in [1.807, 2.05) is 0 Å². The molecule has 0 bridgehead atoms. The zero-order chi connectivity index (χ0) is 30.7. The average molecular weight is 583 g/mol. The summed E-state index contributed by atoms with van der Waals surface area (Å²) in [6, 6.07) is 12.9. The number of hydrogen-bond acceptors (Lipinski definition) is 5. The van der Waals surface area contributed by atoms with Crippen molar-refractivity contribution in [3.63, 3.8) is 0 Å². The van der Waals surface area contributed by atoms with Crippen LogP contribution in [0.25, 0.3) is 43.1 Å². The van der Waals surface area contributed by atoms with E-state index < -0.39 is 17.8 Å². The Kier molecular flexibility index (Phi) is 8.73. The van der Waals surface area contributed by atoms with Crippen molar-refractivity contribution in [1.29, 1.82) is 0 Å². The summed E-state index contributed by atoms with van der Waals surface area (Å²) in [5.74, 6) is -3.24. The fraction of sp³-hybridized carbons (Fsp3) is 0.294. The van der Waals surface area contributed by atoms with E-state index in [1.165, 1.54) is 25.0 Å². The summed E-state index contributed by atoms with van der Waals surface area (Å²) in [5.41, 5.74) is 0.347. The molecule has 0 aliphatic heterocycles. The molecule has 5 aromatic rings. The summed E-state index contributed by atoms with van der Waals surface area (Å²) >= 11 is 0. The van der Waals surface area contributed by atoms with Crippen LogP contribution < -0.4 is 10.6 Å². The third kappa shape index (κ3) is 5.44. The second kappa shape index (κ2) is 12.6. The molecule has 9 nitrogen and oxygen atoms in total. The number of aliphatic hydroxyl groups is 1. The van der Waals surface area contributed by atoms with E-state index in [-0.39, 0.29) is 41.1 Å². The van der Waals surface area contributed by atoms with Crippen molar-refractivity contribution in [2.45, 2.75) is 45.4 Å². The number of aromatic carboxylic acids is 2. The molecule has 0 aliphatic carbocycles. The summed E-state index contributed by atoms with van der Waals surface area (Å²) in [5, 5.41) is 39.1. The first kappa shape index (κ1) is 29.7. The van der Waals surface area contributed by atoms with Gasteiger partial charge in [-0.2, -0.15) is 0 Å². The maximum Gasteiger partial charge on any atom is 0.336 e. The third-order valence-electron chi connectivity index (χ3n) is 8.07. The van der Waals surface area contributed by atoms with Crippen LogP contribution in [0.4, 0.5) is 0 Å². The number of rotatable bonds is 13. The van der Waals surface area contributed by atoms with Gasteiger partial charge in [-0.1, -0.05) is 63.3 Å². The molecule has 0 radical (unpaired) electrons. The number of carboxylic acid groups (broad SMARTS) is 2. The van der Waals surface area contributed by atoms with Crippen LogP contribution in [-0.4, -0.2) is 58.8 Å². The molecule has 0 atom stereocenters. The van der Waals surface area contributed by atoms with E-state index in [9.17, 15) is 34.5 Å². The quantitative estimate of drug-likeness (QED) is 0.0654. The molecule has 43 heavy (non-hydrogen) atoms. The smallest absolute Gasteiger partial charge is 0.336 e. The van der Waals surface area contributed by atoms with E-state index in [0.717, 1.165) is 25.7 Å². The zero-order valence-electron chi connectivity index (χ0n) is 24.0. The maximum atomic E-state index is 13.6. The highest BCUT2D eigenvalue weighted by Gasteiger charge is 2.25. The fourth-order valence-electron chi connectivity index (χ4n) is 6.09. The van der Waals surface area contributed by atoms with Crippen LogP contribution in [0.5, 0.6) is 0 Å². The molecule has 0 aliphatic rings. The van der Waals surface area contributed by atoms with E-state index >= 15 is 0 Å². The maximum absolute atomic E-state index is 13.6. The summed E-state index contributed by atoms with van der Waals surface area (Å²) in [6.07, 6.45) is 6.49. The standard InChI is InChI=1S/C34H34N2O7/c1-2-3-4-5-6-7-16-35-31(38)23-12-8-19-21-10-14-25(33(40)41)30-26(34(42)43)15-11-22(28(21)30)20-9-13-24(29(23)27(19)20)32(39)36-17-18-37/h8-15,37H,2-7,16-18H2,1H3,(H,35,38)(H,36,39)(H,40,41)(H,42,43). The molecule has 222 valence electrons. The van der Waals surface area contributed by atoms with Crippen LogP contribution in [-0.2, 0) is 0 Å². The monoisotopic (exact) mass is 582 g/mol. The SMILES string of the molecule is CCCCCCCCNC(=O)c1ccc2c3ccc(C(=O)O)c4c(C(=O)O)ccc(c5ccc(C(=O)NCCO)c1c52)c43. The summed E-state index contributed by atoms with van der Waals surface area (Å²) in [7, 11) is 0. The van der Waals surface area contributed by atoms with E-state index in [1.54, 1.807) is 36.4 Å². The van der Waals surface area contributed by atoms with Gasteiger partial charge < -0.3 is 26.0 Å². The van der Waals surface area contributed by atoms with Gasteiger partial charge in [0.05, 0.1) is 17.7 Å². The minimum absolute atomic E-state index is 0.0411. The first-order chi connectivity index (χ1) is 20.8. The Balaban J connectivity index is 1.73. The van der Waals surface area contributed by atoms with Gasteiger partial charge in [-0.3, -0.25) is 9.59 Å². The Bertz CT molecular complexity index is 1810. The Morgan fingerprint density at radius 3 is 1.37 bits per heavy atom. The average Bonchev–Trinajstić information content (AvgIpc) is 3.00. The van der Waals surface area contributed by atoms with Crippen molar-refractivity contribution in [3.8, 4) is 0 Å². The zero-order valence-corrected chi connectivity index (χ0v) is 24.0. The van der Waals surface area contributed by atoms with Crippen molar-refractivity contribution in [2.24, 2.45) is 0 Å². The molecule has 5 rings (SSSR count). The molecule has 0 aromatic heterocycles. The second-order valence-corrected chi connectivity index (χ2v) is 10.8.